The summed E-state index contributed by atoms with van der Waals surface area (Å²) in [6.45, 7) is 0. The molecule has 0 amide bonds. The lowest BCUT2D eigenvalue weighted by Crippen LogP contribution is -2.18. The van der Waals surface area contributed by atoms with Gasteiger partial charge in [0.25, 0.3) is 0 Å². The number of nitriles is 1. The Morgan fingerprint density at radius 3 is 2.53 bits per heavy atom. The van der Waals surface area contributed by atoms with Crippen molar-refractivity contribution in [2.24, 2.45) is 0 Å². The molecule has 0 unspecified atom stereocenters. The average molecular weight is 285 g/mol. The molecule has 0 saturated carbocycles. The van der Waals surface area contributed by atoms with Crippen LogP contribution in [0.1, 0.15) is 5.69 Å². The summed E-state index contributed by atoms with van der Waals surface area (Å²) in [7, 11) is 0. The molecule has 1 aromatic heterocycles. The lowest BCUT2D eigenvalue weighted by molar-refractivity contribution is -0.275. The van der Waals surface area contributed by atoms with E-state index in [4.69, 9.17) is 5.26 Å². The maximum atomic E-state index is 13.1. The summed E-state index contributed by atoms with van der Waals surface area (Å²) in [6, 6.07) is 1.29. The molecule has 0 fully saturated rings. The molecular formula is C7HBrF4N2O. The molecule has 0 bridgehead atoms. The van der Waals surface area contributed by atoms with Crippen molar-refractivity contribution in [3.63, 3.8) is 0 Å². The minimum Gasteiger partial charge on any atom is -0.401 e. The Kier molecular flexibility index (Phi) is 3.14. The monoisotopic (exact) mass is 284 g/mol. The Balaban J connectivity index is 3.23. The Morgan fingerprint density at radius 2 is 2.07 bits per heavy atom. The van der Waals surface area contributed by atoms with Gasteiger partial charge in [-0.25, -0.2) is 4.98 Å². The average Bonchev–Trinajstić information content (AvgIpc) is 2.11. The van der Waals surface area contributed by atoms with Crippen LogP contribution in [0.5, 0.6) is 5.75 Å². The first-order chi connectivity index (χ1) is 6.85. The lowest BCUT2D eigenvalue weighted by atomic mass is 10.3. The zero-order chi connectivity index (χ0) is 11.6. The van der Waals surface area contributed by atoms with Crippen LogP contribution >= 0.6 is 15.9 Å². The molecule has 0 N–H and O–H groups in total. The maximum Gasteiger partial charge on any atom is 0.573 e. The molecule has 0 spiro atoms. The number of hydrogen-bond donors (Lipinski definition) is 0. The molecule has 15 heavy (non-hydrogen) atoms. The van der Waals surface area contributed by atoms with E-state index in [1.54, 1.807) is 0 Å². The molecule has 0 saturated heterocycles. The highest BCUT2D eigenvalue weighted by molar-refractivity contribution is 9.10. The fourth-order valence-electron chi connectivity index (χ4n) is 0.736. The maximum absolute atomic E-state index is 13.1. The van der Waals surface area contributed by atoms with E-state index in [9.17, 15) is 17.6 Å². The van der Waals surface area contributed by atoms with Gasteiger partial charge in [-0.05, 0) is 15.9 Å². The third-order valence-electron chi connectivity index (χ3n) is 1.25. The molecule has 1 rings (SSSR count). The minimum atomic E-state index is -5.03. The summed E-state index contributed by atoms with van der Waals surface area (Å²) in [5, 5.41) is 8.33. The number of nitrogens with zero attached hydrogens (tertiary/aromatic N) is 2. The quantitative estimate of drug-likeness (QED) is 0.745. The number of ether oxygens (including phenoxy) is 1. The van der Waals surface area contributed by atoms with Crippen LogP contribution in [0.3, 0.4) is 0 Å². The van der Waals surface area contributed by atoms with Gasteiger partial charge in [0.05, 0.1) is 4.47 Å². The smallest absolute Gasteiger partial charge is 0.401 e. The molecule has 0 aliphatic heterocycles. The van der Waals surface area contributed by atoms with Gasteiger partial charge in [-0.2, -0.15) is 9.65 Å². The summed E-state index contributed by atoms with van der Waals surface area (Å²) in [5.74, 6) is -2.56. The zero-order valence-corrected chi connectivity index (χ0v) is 8.36. The van der Waals surface area contributed by atoms with E-state index in [-0.39, 0.29) is 4.47 Å². The van der Waals surface area contributed by atoms with Gasteiger partial charge >= 0.3 is 6.36 Å². The second kappa shape index (κ2) is 4.02. The molecule has 80 valence electrons. The van der Waals surface area contributed by atoms with Gasteiger partial charge in [0.1, 0.15) is 6.07 Å². The normalized spacial score (nSPS) is 10.9. The molecule has 1 aromatic rings. The molecule has 0 aromatic carbocycles. The van der Waals surface area contributed by atoms with Crippen molar-refractivity contribution in [1.29, 1.82) is 5.26 Å². The van der Waals surface area contributed by atoms with E-state index >= 15 is 0 Å². The third-order valence-corrected chi connectivity index (χ3v) is 1.82. The minimum absolute atomic E-state index is 0.323. The largest absolute Gasteiger partial charge is 0.573 e. The number of rotatable bonds is 1. The van der Waals surface area contributed by atoms with Gasteiger partial charge in [-0.3, -0.25) is 0 Å². The topological polar surface area (TPSA) is 45.9 Å². The van der Waals surface area contributed by atoms with Gasteiger partial charge in [0.2, 0.25) is 5.82 Å². The standard InChI is InChI=1S/C7HBrF4N2O/c8-3-2-14-4(1-13)5(9)6(3)15-7(10,11)12/h2H. The van der Waals surface area contributed by atoms with Gasteiger partial charge in [-0.15, -0.1) is 13.2 Å². The number of aromatic nitrogens is 1. The van der Waals surface area contributed by atoms with Crippen LogP contribution in [-0.4, -0.2) is 11.3 Å². The van der Waals surface area contributed by atoms with Crippen molar-refractivity contribution in [3.8, 4) is 11.8 Å². The predicted octanol–water partition coefficient (Wildman–Crippen LogP) is 2.75. The fourth-order valence-corrected chi connectivity index (χ4v) is 1.09. The van der Waals surface area contributed by atoms with E-state index in [2.05, 4.69) is 25.7 Å². The van der Waals surface area contributed by atoms with Crippen molar-refractivity contribution in [2.75, 3.05) is 0 Å². The van der Waals surface area contributed by atoms with Gasteiger partial charge in [0.15, 0.2) is 11.4 Å². The third kappa shape index (κ3) is 2.79. The molecule has 0 aliphatic carbocycles. The van der Waals surface area contributed by atoms with Crippen LogP contribution in [0, 0.1) is 17.1 Å². The molecule has 0 radical (unpaired) electrons. The SMILES string of the molecule is N#Cc1ncc(Br)c(OC(F)(F)F)c1F. The fraction of sp³-hybridized carbons (Fsp3) is 0.143. The van der Waals surface area contributed by atoms with E-state index in [0.717, 1.165) is 6.20 Å². The van der Waals surface area contributed by atoms with Crippen molar-refractivity contribution in [1.82, 2.24) is 4.98 Å². The summed E-state index contributed by atoms with van der Waals surface area (Å²) >= 11 is 2.63. The Bertz CT molecular complexity index is 426. The van der Waals surface area contributed by atoms with Gasteiger partial charge in [0, 0.05) is 6.20 Å². The molecule has 8 heteroatoms. The highest BCUT2D eigenvalue weighted by atomic mass is 79.9. The molecule has 3 nitrogen and oxygen atoms in total. The van der Waals surface area contributed by atoms with Crippen molar-refractivity contribution in [3.05, 3.63) is 22.2 Å². The number of pyridine rings is 1. The zero-order valence-electron chi connectivity index (χ0n) is 6.77. The first kappa shape index (κ1) is 11.7. The first-order valence-electron chi connectivity index (χ1n) is 3.35. The van der Waals surface area contributed by atoms with Gasteiger partial charge < -0.3 is 4.74 Å². The Labute approximate surface area is 89.4 Å². The van der Waals surface area contributed by atoms with E-state index in [1.807, 2.05) is 0 Å². The second-order valence-corrected chi connectivity index (χ2v) is 3.11. The van der Waals surface area contributed by atoms with Gasteiger partial charge in [-0.1, -0.05) is 0 Å². The summed E-state index contributed by atoms with van der Waals surface area (Å²) < 4.78 is 51.7. The molecule has 0 aliphatic rings. The van der Waals surface area contributed by atoms with E-state index < -0.39 is 23.6 Å². The van der Waals surface area contributed by atoms with Crippen LogP contribution in [-0.2, 0) is 0 Å². The van der Waals surface area contributed by atoms with Crippen molar-refractivity contribution in [2.45, 2.75) is 6.36 Å². The van der Waals surface area contributed by atoms with E-state index in [1.165, 1.54) is 6.07 Å². The van der Waals surface area contributed by atoms with Crippen molar-refractivity contribution >= 4 is 15.9 Å². The van der Waals surface area contributed by atoms with Crippen LogP contribution in [0.15, 0.2) is 10.7 Å². The molecule has 1 heterocycles. The van der Waals surface area contributed by atoms with Crippen LogP contribution in [0.4, 0.5) is 17.6 Å². The Morgan fingerprint density at radius 1 is 1.47 bits per heavy atom. The highest BCUT2D eigenvalue weighted by Crippen LogP contribution is 2.33. The van der Waals surface area contributed by atoms with Crippen LogP contribution in [0.2, 0.25) is 0 Å². The lowest BCUT2D eigenvalue weighted by Gasteiger charge is -2.10. The summed E-state index contributed by atoms with van der Waals surface area (Å²) in [6.07, 6.45) is -4.18. The highest BCUT2D eigenvalue weighted by Gasteiger charge is 2.34. The summed E-state index contributed by atoms with van der Waals surface area (Å²) in [4.78, 5) is 3.26. The Hall–Kier alpha value is -1.36. The van der Waals surface area contributed by atoms with E-state index in [0.29, 0.717) is 0 Å². The van der Waals surface area contributed by atoms with Crippen LogP contribution < -0.4 is 4.74 Å². The second-order valence-electron chi connectivity index (χ2n) is 2.26. The number of halogens is 5. The molecular weight excluding hydrogens is 284 g/mol. The van der Waals surface area contributed by atoms with Crippen LogP contribution in [0.25, 0.3) is 0 Å². The molecule has 0 atom stereocenters. The number of alkyl halides is 3. The number of hydrogen-bond acceptors (Lipinski definition) is 3. The first-order valence-corrected chi connectivity index (χ1v) is 4.14. The summed E-state index contributed by atoms with van der Waals surface area (Å²) in [5.41, 5.74) is -0.766. The van der Waals surface area contributed by atoms with Crippen molar-refractivity contribution < 1.29 is 22.3 Å². The predicted molar refractivity (Wildman–Crippen MR) is 43.3 cm³/mol.